The molecule has 102 valence electrons. The van der Waals surface area contributed by atoms with Crippen LogP contribution in [-0.4, -0.2) is 0 Å². The van der Waals surface area contributed by atoms with Crippen molar-refractivity contribution in [1.82, 2.24) is 0 Å². The van der Waals surface area contributed by atoms with Gasteiger partial charge in [0.25, 0.3) is 6.08 Å². The standard InChI is InChI=1S/C16H10F4/c17-13-6-1-11(2-7-13)3-10-15(16(19)20)12-4-8-14(18)9-5-12/h1-10H. The first kappa shape index (κ1) is 14.1. The molecule has 0 aliphatic carbocycles. The van der Waals surface area contributed by atoms with Crippen LogP contribution in [0, 0.1) is 11.6 Å². The molecular formula is C16H10F4. The highest BCUT2D eigenvalue weighted by molar-refractivity contribution is 5.79. The average Bonchev–Trinajstić information content (AvgIpc) is 2.43. The third-order valence-corrected chi connectivity index (χ3v) is 2.67. The third kappa shape index (κ3) is 3.57. The highest BCUT2D eigenvalue weighted by Gasteiger charge is 2.06. The van der Waals surface area contributed by atoms with Crippen LogP contribution in [0.15, 0.2) is 60.7 Å². The third-order valence-electron chi connectivity index (χ3n) is 2.67. The van der Waals surface area contributed by atoms with Crippen molar-refractivity contribution in [2.24, 2.45) is 0 Å². The van der Waals surface area contributed by atoms with E-state index in [2.05, 4.69) is 0 Å². The zero-order valence-electron chi connectivity index (χ0n) is 10.3. The number of allylic oxidation sites excluding steroid dienone is 2. The lowest BCUT2D eigenvalue weighted by Gasteiger charge is -2.01. The highest BCUT2D eigenvalue weighted by Crippen LogP contribution is 2.23. The van der Waals surface area contributed by atoms with Crippen LogP contribution in [-0.2, 0) is 0 Å². The zero-order chi connectivity index (χ0) is 14.5. The van der Waals surface area contributed by atoms with Crippen molar-refractivity contribution in [3.8, 4) is 0 Å². The average molecular weight is 278 g/mol. The molecule has 0 heterocycles. The van der Waals surface area contributed by atoms with Gasteiger partial charge in [-0.1, -0.05) is 30.3 Å². The maximum Gasteiger partial charge on any atom is 0.278 e. The van der Waals surface area contributed by atoms with Gasteiger partial charge in [0, 0.05) is 5.57 Å². The minimum atomic E-state index is -1.87. The fourth-order valence-electron chi connectivity index (χ4n) is 1.65. The fourth-order valence-corrected chi connectivity index (χ4v) is 1.65. The van der Waals surface area contributed by atoms with Crippen molar-refractivity contribution < 1.29 is 17.6 Å². The van der Waals surface area contributed by atoms with Gasteiger partial charge in [0.1, 0.15) is 11.6 Å². The van der Waals surface area contributed by atoms with Crippen LogP contribution in [0.5, 0.6) is 0 Å². The lowest BCUT2D eigenvalue weighted by molar-refractivity contribution is 0.426. The van der Waals surface area contributed by atoms with Gasteiger partial charge in [-0.05, 0) is 41.5 Å². The van der Waals surface area contributed by atoms with Crippen molar-refractivity contribution in [2.45, 2.75) is 0 Å². The molecule has 0 radical (unpaired) electrons. The van der Waals surface area contributed by atoms with Gasteiger partial charge in [0.15, 0.2) is 0 Å². The summed E-state index contributed by atoms with van der Waals surface area (Å²) in [5.41, 5.74) is 0.506. The smallest absolute Gasteiger partial charge is 0.207 e. The molecule has 0 amide bonds. The first-order chi connectivity index (χ1) is 9.56. The molecule has 0 fully saturated rings. The SMILES string of the molecule is FC(F)=C(C=Cc1ccc(F)cc1)c1ccc(F)cc1. The summed E-state index contributed by atoms with van der Waals surface area (Å²) in [6.07, 6.45) is 0.794. The Morgan fingerprint density at radius 3 is 1.75 bits per heavy atom. The van der Waals surface area contributed by atoms with Gasteiger partial charge in [-0.15, -0.1) is 0 Å². The van der Waals surface area contributed by atoms with E-state index in [4.69, 9.17) is 0 Å². The second-order valence-corrected chi connectivity index (χ2v) is 4.07. The van der Waals surface area contributed by atoms with Crippen molar-refractivity contribution in [3.63, 3.8) is 0 Å². The molecule has 20 heavy (non-hydrogen) atoms. The molecule has 0 unspecified atom stereocenters. The minimum absolute atomic E-state index is 0.213. The monoisotopic (exact) mass is 278 g/mol. The van der Waals surface area contributed by atoms with Crippen molar-refractivity contribution >= 4 is 11.6 Å². The van der Waals surface area contributed by atoms with Crippen molar-refractivity contribution in [3.05, 3.63) is 83.4 Å². The van der Waals surface area contributed by atoms with E-state index in [1.54, 1.807) is 0 Å². The van der Waals surface area contributed by atoms with Crippen LogP contribution in [0.1, 0.15) is 11.1 Å². The van der Waals surface area contributed by atoms with Gasteiger partial charge in [-0.2, -0.15) is 8.78 Å². The number of hydrogen-bond acceptors (Lipinski definition) is 0. The Morgan fingerprint density at radius 1 is 0.750 bits per heavy atom. The van der Waals surface area contributed by atoms with Crippen molar-refractivity contribution in [1.29, 1.82) is 0 Å². The molecule has 4 heteroatoms. The maximum atomic E-state index is 12.9. The van der Waals surface area contributed by atoms with E-state index in [0.717, 1.165) is 12.1 Å². The molecule has 2 aromatic carbocycles. The normalized spacial score (nSPS) is 10.8. The molecule has 0 saturated heterocycles. The van der Waals surface area contributed by atoms with Gasteiger partial charge >= 0.3 is 0 Å². The van der Waals surface area contributed by atoms with Crippen LogP contribution in [0.2, 0.25) is 0 Å². The molecule has 0 bridgehead atoms. The first-order valence-corrected chi connectivity index (χ1v) is 5.81. The summed E-state index contributed by atoms with van der Waals surface area (Å²) in [6.45, 7) is 0. The fraction of sp³-hybridized carbons (Fsp3) is 0. The Hall–Kier alpha value is -2.36. The van der Waals surface area contributed by atoms with Gasteiger partial charge in [0.2, 0.25) is 0 Å². The summed E-state index contributed by atoms with van der Waals surface area (Å²) in [4.78, 5) is 0. The zero-order valence-corrected chi connectivity index (χ0v) is 10.3. The molecule has 0 N–H and O–H groups in total. The van der Waals surface area contributed by atoms with Crippen molar-refractivity contribution in [2.75, 3.05) is 0 Å². The Balaban J connectivity index is 2.29. The van der Waals surface area contributed by atoms with Crippen LogP contribution in [0.25, 0.3) is 11.6 Å². The maximum absolute atomic E-state index is 12.9. The Morgan fingerprint density at radius 2 is 1.25 bits per heavy atom. The Bertz CT molecular complexity index is 633. The quantitative estimate of drug-likeness (QED) is 0.529. The minimum Gasteiger partial charge on any atom is -0.207 e. The second kappa shape index (κ2) is 6.19. The van der Waals surface area contributed by atoms with E-state index in [1.165, 1.54) is 48.6 Å². The van der Waals surface area contributed by atoms with E-state index in [9.17, 15) is 17.6 Å². The molecule has 2 rings (SSSR count). The van der Waals surface area contributed by atoms with Gasteiger partial charge in [-0.25, -0.2) is 8.78 Å². The molecule has 0 spiro atoms. The first-order valence-electron chi connectivity index (χ1n) is 5.81. The summed E-state index contributed by atoms with van der Waals surface area (Å²) >= 11 is 0. The van der Waals surface area contributed by atoms with E-state index in [1.807, 2.05) is 0 Å². The Kier molecular flexibility index (Phi) is 4.35. The van der Waals surface area contributed by atoms with Crippen LogP contribution in [0.4, 0.5) is 17.6 Å². The lowest BCUT2D eigenvalue weighted by Crippen LogP contribution is -1.84. The van der Waals surface area contributed by atoms with E-state index >= 15 is 0 Å². The molecule has 0 atom stereocenters. The Labute approximate surface area is 113 Å². The second-order valence-electron chi connectivity index (χ2n) is 4.07. The molecule has 0 saturated carbocycles. The van der Waals surface area contributed by atoms with Crippen LogP contribution >= 0.6 is 0 Å². The van der Waals surface area contributed by atoms with E-state index in [-0.39, 0.29) is 11.1 Å². The molecule has 0 aliphatic rings. The van der Waals surface area contributed by atoms with Gasteiger partial charge < -0.3 is 0 Å². The molecular weight excluding hydrogens is 268 g/mol. The van der Waals surface area contributed by atoms with Crippen LogP contribution in [0.3, 0.4) is 0 Å². The molecule has 0 aliphatic heterocycles. The van der Waals surface area contributed by atoms with E-state index in [0.29, 0.717) is 5.56 Å². The predicted octanol–water partition coefficient (Wildman–Crippen LogP) is 5.29. The predicted molar refractivity (Wildman–Crippen MR) is 71.0 cm³/mol. The van der Waals surface area contributed by atoms with E-state index < -0.39 is 17.7 Å². The summed E-state index contributed by atoms with van der Waals surface area (Å²) < 4.78 is 51.4. The van der Waals surface area contributed by atoms with Crippen LogP contribution < -0.4 is 0 Å². The van der Waals surface area contributed by atoms with Gasteiger partial charge in [0.05, 0.1) is 0 Å². The molecule has 0 nitrogen and oxygen atoms in total. The summed E-state index contributed by atoms with van der Waals surface area (Å²) in [7, 11) is 0. The lowest BCUT2D eigenvalue weighted by atomic mass is 10.1. The topological polar surface area (TPSA) is 0 Å². The number of benzene rings is 2. The number of hydrogen-bond donors (Lipinski definition) is 0. The highest BCUT2D eigenvalue weighted by atomic mass is 19.3. The van der Waals surface area contributed by atoms with Gasteiger partial charge in [-0.3, -0.25) is 0 Å². The summed E-state index contributed by atoms with van der Waals surface area (Å²) in [5.74, 6) is -0.886. The largest absolute Gasteiger partial charge is 0.278 e. The molecule has 2 aromatic rings. The molecule has 0 aromatic heterocycles. The summed E-state index contributed by atoms with van der Waals surface area (Å²) in [5, 5.41) is 0. The number of halogens is 4. The summed E-state index contributed by atoms with van der Waals surface area (Å²) in [6, 6.07) is 10.2. The number of rotatable bonds is 3.